The maximum atomic E-state index is 13.0. The van der Waals surface area contributed by atoms with Crippen LogP contribution in [0.2, 0.25) is 5.02 Å². The Kier molecular flexibility index (Phi) is 5.64. The quantitative estimate of drug-likeness (QED) is 0.453. The summed E-state index contributed by atoms with van der Waals surface area (Å²) in [5, 5.41) is -0.357. The summed E-state index contributed by atoms with van der Waals surface area (Å²) in [6, 6.07) is 2.82. The van der Waals surface area contributed by atoms with Crippen molar-refractivity contribution in [2.24, 2.45) is 0 Å². The van der Waals surface area contributed by atoms with Crippen LogP contribution in [0.1, 0.15) is 13.3 Å². The first kappa shape index (κ1) is 16.6. The highest BCUT2D eigenvalue weighted by atomic mass is 35.5. The number of Topliss-reactive ketones (excluding diaryl/α,β-unsaturated/α-hetero) is 1. The van der Waals surface area contributed by atoms with Gasteiger partial charge in [0, 0.05) is 0 Å². The van der Waals surface area contributed by atoms with Crippen LogP contribution in [-0.4, -0.2) is 32.5 Å². The van der Waals surface area contributed by atoms with Gasteiger partial charge in [0.05, 0.1) is 16.5 Å². The van der Waals surface area contributed by atoms with Crippen LogP contribution in [0.25, 0.3) is 0 Å². The van der Waals surface area contributed by atoms with E-state index >= 15 is 0 Å². The van der Waals surface area contributed by atoms with Crippen molar-refractivity contribution < 1.29 is 27.1 Å². The maximum Gasteiger partial charge on any atom is 0.313 e. The number of ketones is 1. The lowest BCUT2D eigenvalue weighted by atomic mass is 10.3. The SMILES string of the molecule is CCOC(=O)CC(=O)CS(=O)(=O)c1ccc(F)c(Cl)c1. The molecular weight excluding hydrogens is 311 g/mol. The lowest BCUT2D eigenvalue weighted by Gasteiger charge is -2.05. The Morgan fingerprint density at radius 2 is 2.00 bits per heavy atom. The van der Waals surface area contributed by atoms with E-state index in [-0.39, 0.29) is 16.5 Å². The summed E-state index contributed by atoms with van der Waals surface area (Å²) >= 11 is 5.48. The standard InChI is InChI=1S/C12H12ClFO5S/c1-2-19-12(16)5-8(15)7-20(17,18)9-3-4-11(14)10(13)6-9/h3-4,6H,2,5,7H2,1H3. The Labute approximate surface area is 120 Å². The Bertz CT molecular complexity index is 627. The number of hydrogen-bond donors (Lipinski definition) is 0. The number of carbonyl (C=O) groups is 2. The minimum Gasteiger partial charge on any atom is -0.466 e. The largest absolute Gasteiger partial charge is 0.466 e. The van der Waals surface area contributed by atoms with Crippen molar-refractivity contribution in [3.05, 3.63) is 29.0 Å². The third-order valence-electron chi connectivity index (χ3n) is 2.25. The van der Waals surface area contributed by atoms with Crippen molar-refractivity contribution in [2.75, 3.05) is 12.4 Å². The van der Waals surface area contributed by atoms with Gasteiger partial charge in [0.25, 0.3) is 0 Å². The maximum absolute atomic E-state index is 13.0. The van der Waals surface area contributed by atoms with Gasteiger partial charge in [0.1, 0.15) is 18.0 Å². The third kappa shape index (κ3) is 4.57. The van der Waals surface area contributed by atoms with Gasteiger partial charge in [-0.05, 0) is 25.1 Å². The molecule has 0 saturated heterocycles. The Hall–Kier alpha value is -1.47. The van der Waals surface area contributed by atoms with E-state index in [1.165, 1.54) is 0 Å². The molecule has 0 fully saturated rings. The summed E-state index contributed by atoms with van der Waals surface area (Å²) in [5.74, 6) is -3.22. The van der Waals surface area contributed by atoms with E-state index in [9.17, 15) is 22.4 Å². The second-order valence-corrected chi connectivity index (χ2v) is 6.25. The molecule has 0 N–H and O–H groups in total. The fraction of sp³-hybridized carbons (Fsp3) is 0.333. The predicted octanol–water partition coefficient (Wildman–Crippen LogP) is 1.78. The van der Waals surface area contributed by atoms with Crippen molar-refractivity contribution in [1.29, 1.82) is 0 Å². The molecule has 0 saturated carbocycles. The smallest absolute Gasteiger partial charge is 0.313 e. The number of esters is 1. The van der Waals surface area contributed by atoms with Crippen LogP contribution in [0, 0.1) is 5.82 Å². The van der Waals surface area contributed by atoms with E-state index in [1.54, 1.807) is 6.92 Å². The molecule has 1 rings (SSSR count). The zero-order chi connectivity index (χ0) is 15.3. The average molecular weight is 323 g/mol. The number of rotatable bonds is 6. The summed E-state index contributed by atoms with van der Waals surface area (Å²) in [6.07, 6.45) is -0.623. The number of sulfone groups is 1. The molecule has 0 amide bonds. The van der Waals surface area contributed by atoms with Gasteiger partial charge in [0.2, 0.25) is 0 Å². The van der Waals surface area contributed by atoms with Gasteiger partial charge in [-0.1, -0.05) is 11.6 Å². The van der Waals surface area contributed by atoms with Gasteiger partial charge in [0.15, 0.2) is 15.6 Å². The molecule has 8 heteroatoms. The number of hydrogen-bond acceptors (Lipinski definition) is 5. The zero-order valence-corrected chi connectivity index (χ0v) is 12.1. The van der Waals surface area contributed by atoms with Crippen molar-refractivity contribution in [1.82, 2.24) is 0 Å². The molecule has 1 aromatic rings. The average Bonchev–Trinajstić information content (AvgIpc) is 2.31. The second kappa shape index (κ2) is 6.81. The topological polar surface area (TPSA) is 77.5 Å². The third-order valence-corrected chi connectivity index (χ3v) is 4.21. The zero-order valence-electron chi connectivity index (χ0n) is 10.6. The predicted molar refractivity (Wildman–Crippen MR) is 69.7 cm³/mol. The minimum absolute atomic E-state index is 0.104. The molecule has 0 aliphatic heterocycles. The second-order valence-electron chi connectivity index (χ2n) is 3.86. The molecule has 0 aromatic heterocycles. The van der Waals surface area contributed by atoms with Gasteiger partial charge in [-0.3, -0.25) is 9.59 Å². The van der Waals surface area contributed by atoms with E-state index in [0.717, 1.165) is 18.2 Å². The monoisotopic (exact) mass is 322 g/mol. The van der Waals surface area contributed by atoms with Crippen molar-refractivity contribution >= 4 is 33.2 Å². The van der Waals surface area contributed by atoms with Gasteiger partial charge in [-0.15, -0.1) is 0 Å². The molecule has 0 aliphatic carbocycles. The number of ether oxygens (including phenoxy) is 1. The van der Waals surface area contributed by atoms with E-state index < -0.39 is 39.6 Å². The highest BCUT2D eigenvalue weighted by molar-refractivity contribution is 7.92. The molecular formula is C12H12ClFO5S. The molecule has 0 atom stereocenters. The molecule has 0 unspecified atom stereocenters. The Balaban J connectivity index is 2.82. The molecule has 5 nitrogen and oxygen atoms in total. The van der Waals surface area contributed by atoms with Crippen LogP contribution in [0.3, 0.4) is 0 Å². The van der Waals surface area contributed by atoms with E-state index in [2.05, 4.69) is 4.74 Å². The minimum atomic E-state index is -3.97. The van der Waals surface area contributed by atoms with Gasteiger partial charge in [-0.2, -0.15) is 0 Å². The van der Waals surface area contributed by atoms with Crippen LogP contribution in [-0.2, 0) is 24.2 Å². The molecule has 0 radical (unpaired) electrons. The first-order chi connectivity index (χ1) is 9.26. The Morgan fingerprint density at radius 1 is 1.35 bits per heavy atom. The first-order valence-corrected chi connectivity index (χ1v) is 7.64. The number of benzene rings is 1. The summed E-state index contributed by atoms with van der Waals surface area (Å²) < 4.78 is 41.3. The van der Waals surface area contributed by atoms with E-state index in [1.807, 2.05) is 0 Å². The van der Waals surface area contributed by atoms with Crippen molar-refractivity contribution in [2.45, 2.75) is 18.2 Å². The molecule has 1 aromatic carbocycles. The van der Waals surface area contributed by atoms with Crippen molar-refractivity contribution in [3.63, 3.8) is 0 Å². The molecule has 0 bridgehead atoms. The summed E-state index contributed by atoms with van der Waals surface area (Å²) in [7, 11) is -3.97. The molecule has 0 heterocycles. The van der Waals surface area contributed by atoms with Crippen LogP contribution < -0.4 is 0 Å². The summed E-state index contributed by atoms with van der Waals surface area (Å²) in [4.78, 5) is 22.3. The fourth-order valence-corrected chi connectivity index (χ4v) is 2.90. The van der Waals surface area contributed by atoms with E-state index in [0.29, 0.717) is 0 Å². The van der Waals surface area contributed by atoms with Crippen LogP contribution in [0.4, 0.5) is 4.39 Å². The van der Waals surface area contributed by atoms with Crippen LogP contribution in [0.5, 0.6) is 0 Å². The molecule has 110 valence electrons. The van der Waals surface area contributed by atoms with E-state index in [4.69, 9.17) is 11.6 Å². The normalized spacial score (nSPS) is 11.2. The molecule has 20 heavy (non-hydrogen) atoms. The van der Waals surface area contributed by atoms with Crippen molar-refractivity contribution in [3.8, 4) is 0 Å². The lowest BCUT2D eigenvalue weighted by Crippen LogP contribution is -2.20. The van der Waals surface area contributed by atoms with Gasteiger partial charge in [-0.25, -0.2) is 12.8 Å². The fourth-order valence-electron chi connectivity index (χ4n) is 1.39. The highest BCUT2D eigenvalue weighted by Gasteiger charge is 2.22. The van der Waals surface area contributed by atoms with Crippen LogP contribution in [0.15, 0.2) is 23.1 Å². The molecule has 0 spiro atoms. The highest BCUT2D eigenvalue weighted by Crippen LogP contribution is 2.20. The van der Waals surface area contributed by atoms with Gasteiger partial charge < -0.3 is 4.74 Å². The molecule has 0 aliphatic rings. The first-order valence-electron chi connectivity index (χ1n) is 5.61. The summed E-state index contributed by atoms with van der Waals surface area (Å²) in [6.45, 7) is 1.67. The van der Waals surface area contributed by atoms with Crippen LogP contribution >= 0.6 is 11.6 Å². The summed E-state index contributed by atoms with van der Waals surface area (Å²) in [5.41, 5.74) is 0. The number of halogens is 2. The van der Waals surface area contributed by atoms with Gasteiger partial charge >= 0.3 is 5.97 Å². The lowest BCUT2D eigenvalue weighted by molar-refractivity contribution is -0.145. The Morgan fingerprint density at radius 3 is 2.55 bits per heavy atom. The number of carbonyl (C=O) groups excluding carboxylic acids is 2.